The van der Waals surface area contributed by atoms with E-state index in [1.807, 2.05) is 35.3 Å². The fraction of sp³-hybridized carbons (Fsp3) is 0.0455. The van der Waals surface area contributed by atoms with Gasteiger partial charge in [0.1, 0.15) is 8.07 Å². The van der Waals surface area contributed by atoms with Crippen LogP contribution < -0.4 is 15.3 Å². The van der Waals surface area contributed by atoms with E-state index in [1.165, 1.54) is 67.7 Å². The minimum Gasteiger partial charge on any atom is -0.309 e. The lowest BCUT2D eigenvalue weighted by Crippen LogP contribution is -2.56. The normalized spacial score (nSPS) is 13.8. The Bertz CT molecular complexity index is 2330. The summed E-state index contributed by atoms with van der Waals surface area (Å²) < 4.78 is 0. The lowest BCUT2D eigenvalue weighted by Gasteiger charge is -2.36. The molecule has 0 aliphatic carbocycles. The van der Waals surface area contributed by atoms with Gasteiger partial charge < -0.3 is 4.90 Å². The summed E-state index contributed by atoms with van der Waals surface area (Å²) in [5.74, 6) is 0. The Morgan fingerprint density at radius 3 is 1.65 bits per heavy atom. The monoisotopic (exact) mass is 699 g/mol. The second-order valence-corrected chi connectivity index (χ2v) is 20.5. The Kier molecular flexibility index (Phi) is 7.81. The topological polar surface area (TPSA) is 3.24 Å². The molecule has 9 rings (SSSR count). The molecule has 0 saturated heterocycles. The predicted molar refractivity (Wildman–Crippen MR) is 214 cm³/mol. The van der Waals surface area contributed by atoms with Gasteiger partial charge in [0.25, 0.3) is 0 Å². The van der Waals surface area contributed by atoms with Crippen LogP contribution in [-0.4, -0.2) is 8.07 Å². The Balaban J connectivity index is 1.15. The van der Waals surface area contributed by atoms with Gasteiger partial charge in [-0.05, 0) is 87.2 Å². The Hall–Kier alpha value is -4.39. The summed E-state index contributed by atoms with van der Waals surface area (Å²) >= 11 is 5.69. The van der Waals surface area contributed by atoms with Gasteiger partial charge in [0.05, 0.1) is 5.69 Å². The molecule has 49 heavy (non-hydrogen) atoms. The van der Waals surface area contributed by atoms with Crippen molar-refractivity contribution in [2.24, 2.45) is 0 Å². The third-order valence-electron chi connectivity index (χ3n) is 9.61. The maximum atomic E-state index is 2.50. The molecule has 7 aromatic carbocycles. The highest BCUT2D eigenvalue weighted by Crippen LogP contribution is 2.52. The molecular formula is C44H33NS3Si. The fourth-order valence-corrected chi connectivity index (χ4v) is 15.0. The Morgan fingerprint density at radius 2 is 0.918 bits per heavy atom. The molecule has 0 unspecified atom stereocenters. The van der Waals surface area contributed by atoms with Crippen LogP contribution in [0.2, 0.25) is 13.1 Å². The van der Waals surface area contributed by atoms with E-state index in [-0.39, 0.29) is 0 Å². The first-order chi connectivity index (χ1) is 24.0. The third kappa shape index (κ3) is 5.46. The van der Waals surface area contributed by atoms with Gasteiger partial charge in [-0.15, -0.1) is 0 Å². The van der Waals surface area contributed by atoms with E-state index in [1.54, 1.807) is 0 Å². The van der Waals surface area contributed by atoms with Crippen LogP contribution in [0.4, 0.5) is 17.1 Å². The van der Waals surface area contributed by atoms with Crippen molar-refractivity contribution in [3.05, 3.63) is 164 Å². The zero-order chi connectivity index (χ0) is 33.0. The molecule has 0 N–H and O–H groups in total. The maximum absolute atomic E-state index is 2.50. The molecule has 2 heterocycles. The molecular weight excluding hydrogens is 667 g/mol. The number of hydrogen-bond donors (Lipinski definition) is 0. The minimum atomic E-state index is -1.91. The number of anilines is 3. The van der Waals surface area contributed by atoms with Crippen LogP contribution in [0.3, 0.4) is 0 Å². The molecule has 2 aliphatic heterocycles. The Morgan fingerprint density at radius 1 is 0.388 bits per heavy atom. The van der Waals surface area contributed by atoms with Crippen molar-refractivity contribution in [1.82, 2.24) is 0 Å². The van der Waals surface area contributed by atoms with Gasteiger partial charge in [0.15, 0.2) is 0 Å². The highest BCUT2D eigenvalue weighted by molar-refractivity contribution is 8.05. The predicted octanol–water partition coefficient (Wildman–Crippen LogP) is 12.4. The van der Waals surface area contributed by atoms with E-state index in [2.05, 4.69) is 182 Å². The quantitative estimate of drug-likeness (QED) is 0.164. The van der Waals surface area contributed by atoms with Crippen molar-refractivity contribution in [2.45, 2.75) is 42.5 Å². The average Bonchev–Trinajstić information content (AvgIpc) is 3.15. The summed E-state index contributed by atoms with van der Waals surface area (Å²) in [5.41, 5.74) is 8.51. The van der Waals surface area contributed by atoms with Crippen LogP contribution >= 0.6 is 35.3 Å². The van der Waals surface area contributed by atoms with Crippen LogP contribution in [0.5, 0.6) is 0 Å². The third-order valence-corrected chi connectivity index (χ3v) is 17.3. The molecule has 0 atom stereocenters. The first-order valence-corrected chi connectivity index (χ1v) is 22.0. The molecule has 0 bridgehead atoms. The van der Waals surface area contributed by atoms with Crippen molar-refractivity contribution in [2.75, 3.05) is 4.90 Å². The smallest absolute Gasteiger partial charge is 0.115 e. The van der Waals surface area contributed by atoms with Crippen LogP contribution in [0.25, 0.3) is 22.3 Å². The van der Waals surface area contributed by atoms with E-state index >= 15 is 0 Å². The first kappa shape index (κ1) is 30.6. The Labute approximate surface area is 302 Å². The average molecular weight is 700 g/mol. The molecule has 7 aromatic rings. The van der Waals surface area contributed by atoms with Crippen LogP contribution in [0.1, 0.15) is 0 Å². The maximum Gasteiger partial charge on any atom is 0.115 e. The highest BCUT2D eigenvalue weighted by Gasteiger charge is 2.37. The zero-order valence-corrected chi connectivity index (χ0v) is 30.7. The molecule has 5 heteroatoms. The summed E-state index contributed by atoms with van der Waals surface area (Å²) in [6.45, 7) is 4.99. The second kappa shape index (κ2) is 12.5. The number of fused-ring (bicyclic) bond motifs is 4. The van der Waals surface area contributed by atoms with Gasteiger partial charge in [0, 0.05) is 40.7 Å². The lowest BCUT2D eigenvalue weighted by molar-refractivity contribution is 1.16. The minimum absolute atomic E-state index is 1.15. The summed E-state index contributed by atoms with van der Waals surface area (Å²) in [7, 11) is -1.91. The molecule has 0 amide bonds. The van der Waals surface area contributed by atoms with Gasteiger partial charge in [-0.2, -0.15) is 0 Å². The molecule has 0 fully saturated rings. The molecule has 0 radical (unpaired) electrons. The zero-order valence-electron chi connectivity index (χ0n) is 27.3. The van der Waals surface area contributed by atoms with E-state index in [4.69, 9.17) is 0 Å². The first-order valence-electron chi connectivity index (χ1n) is 16.6. The standard InChI is InChI=1S/C44H33NS3Si/c1-49(2)41-20-9-8-18-39(41)48-44-36(15-11-21-42(44)49)45(33-26-22-31(23-27-33)30-12-4-3-5-13-30)34-28-24-32(25-29-34)35-14-10-19-40-43(35)47-38-17-7-6-16-37(38)46-40/h3-29H,1-2H3. The largest absolute Gasteiger partial charge is 0.309 e. The molecule has 1 nitrogen and oxygen atoms in total. The number of rotatable bonds is 5. The summed E-state index contributed by atoms with van der Waals surface area (Å²) in [5, 5.41) is 3.03. The second-order valence-electron chi connectivity index (χ2n) is 13.0. The van der Waals surface area contributed by atoms with E-state index in [0.717, 1.165) is 11.4 Å². The summed E-state index contributed by atoms with van der Waals surface area (Å²) in [4.78, 5) is 10.5. The molecule has 0 spiro atoms. The van der Waals surface area contributed by atoms with Gasteiger partial charge in [-0.3, -0.25) is 0 Å². The molecule has 2 aliphatic rings. The van der Waals surface area contributed by atoms with Crippen molar-refractivity contribution < 1.29 is 0 Å². The van der Waals surface area contributed by atoms with Gasteiger partial charge >= 0.3 is 0 Å². The van der Waals surface area contributed by atoms with Crippen molar-refractivity contribution >= 4 is 70.8 Å². The number of hydrogen-bond acceptors (Lipinski definition) is 4. The molecule has 0 aromatic heterocycles. The SMILES string of the molecule is C[Si]1(C)c2ccccc2Sc2c(N(c3ccc(-c4ccccc4)cc3)c3ccc(-c4cccc5c4Sc4ccccc4S5)cc3)cccc21. The number of benzene rings is 7. The number of nitrogens with zero attached hydrogens (tertiary/aromatic N) is 1. The van der Waals surface area contributed by atoms with Crippen molar-refractivity contribution in [3.8, 4) is 22.3 Å². The van der Waals surface area contributed by atoms with Gasteiger partial charge in [-0.25, -0.2) is 0 Å². The van der Waals surface area contributed by atoms with E-state index in [9.17, 15) is 0 Å². The molecule has 0 saturated carbocycles. The van der Waals surface area contributed by atoms with Gasteiger partial charge in [-0.1, -0.05) is 158 Å². The summed E-state index contributed by atoms with van der Waals surface area (Å²) in [6.07, 6.45) is 0. The van der Waals surface area contributed by atoms with E-state index in [0.29, 0.717) is 0 Å². The van der Waals surface area contributed by atoms with Crippen LogP contribution in [0, 0.1) is 0 Å². The fourth-order valence-electron chi connectivity index (χ4n) is 7.05. The lowest BCUT2D eigenvalue weighted by atomic mass is 10.0. The van der Waals surface area contributed by atoms with Crippen LogP contribution in [0.15, 0.2) is 193 Å². The highest BCUT2D eigenvalue weighted by atomic mass is 32.2. The van der Waals surface area contributed by atoms with Gasteiger partial charge in [0.2, 0.25) is 0 Å². The molecule has 236 valence electrons. The van der Waals surface area contributed by atoms with E-state index < -0.39 is 8.07 Å². The van der Waals surface area contributed by atoms with Crippen molar-refractivity contribution in [3.63, 3.8) is 0 Å². The summed E-state index contributed by atoms with van der Waals surface area (Å²) in [6, 6.07) is 60.3. The van der Waals surface area contributed by atoms with Crippen molar-refractivity contribution in [1.29, 1.82) is 0 Å². The van der Waals surface area contributed by atoms with Crippen LogP contribution in [-0.2, 0) is 0 Å².